The summed E-state index contributed by atoms with van der Waals surface area (Å²) in [6, 6.07) is 8.04. The van der Waals surface area contributed by atoms with E-state index in [-0.39, 0.29) is 16.7 Å². The molecule has 0 radical (unpaired) electrons. The van der Waals surface area contributed by atoms with Crippen LogP contribution in [0.25, 0.3) is 0 Å². The zero-order valence-corrected chi connectivity index (χ0v) is 16.6. The van der Waals surface area contributed by atoms with Gasteiger partial charge in [0, 0.05) is 6.07 Å². The van der Waals surface area contributed by atoms with Gasteiger partial charge in [-0.25, -0.2) is 0 Å². The van der Waals surface area contributed by atoms with Crippen molar-refractivity contribution < 1.29 is 9.35 Å². The van der Waals surface area contributed by atoms with Crippen molar-refractivity contribution in [3.63, 3.8) is 0 Å². The normalized spacial score (nSPS) is 13.7. The molecule has 0 aliphatic rings. The highest BCUT2D eigenvalue weighted by Crippen LogP contribution is 2.33. The number of benzene rings is 1. The first-order valence-corrected chi connectivity index (χ1v) is 14.8. The van der Waals surface area contributed by atoms with Gasteiger partial charge in [0.15, 0.2) is 8.32 Å². The zero-order valence-electron chi connectivity index (χ0n) is 14.6. The largest absolute Gasteiger partial charge is 0.406 e. The maximum atomic E-state index is 11.3. The lowest BCUT2D eigenvalue weighted by atomic mass is 10.0. The summed E-state index contributed by atoms with van der Waals surface area (Å²) in [6.07, 6.45) is 2.78. The SMILES string of the molecule is C[Si](C)(C)C[CH+]CC(O[Si](C)(C)C)c1ccccc1[N+](=O)[O-]. The van der Waals surface area contributed by atoms with Crippen molar-refractivity contribution in [3.05, 3.63) is 46.4 Å². The van der Waals surface area contributed by atoms with Crippen LogP contribution in [0, 0.1) is 16.5 Å². The Morgan fingerprint density at radius 3 is 2.27 bits per heavy atom. The van der Waals surface area contributed by atoms with E-state index in [1.54, 1.807) is 12.1 Å². The van der Waals surface area contributed by atoms with Crippen LogP contribution in [0.5, 0.6) is 0 Å². The smallest absolute Gasteiger partial charge is 0.275 e. The van der Waals surface area contributed by atoms with Crippen molar-refractivity contribution in [2.45, 2.75) is 57.9 Å². The molecular formula is C16H28NO3Si2+. The summed E-state index contributed by atoms with van der Waals surface area (Å²) >= 11 is 0. The zero-order chi connectivity index (χ0) is 17.0. The summed E-state index contributed by atoms with van der Waals surface area (Å²) in [6.45, 7) is 13.3. The van der Waals surface area contributed by atoms with E-state index in [4.69, 9.17) is 4.43 Å². The number of para-hydroxylation sites is 1. The van der Waals surface area contributed by atoms with E-state index < -0.39 is 16.4 Å². The quantitative estimate of drug-likeness (QED) is 0.275. The number of nitro benzene ring substituents is 1. The first-order valence-electron chi connectivity index (χ1n) is 7.72. The lowest BCUT2D eigenvalue weighted by molar-refractivity contribution is -0.386. The van der Waals surface area contributed by atoms with Crippen LogP contribution in [-0.4, -0.2) is 21.3 Å². The van der Waals surface area contributed by atoms with Crippen LogP contribution in [0.1, 0.15) is 18.1 Å². The van der Waals surface area contributed by atoms with E-state index in [1.165, 1.54) is 0 Å². The number of nitrogens with zero attached hydrogens (tertiary/aromatic N) is 1. The molecule has 1 atom stereocenters. The minimum absolute atomic E-state index is 0.159. The molecule has 0 fully saturated rings. The van der Waals surface area contributed by atoms with Crippen LogP contribution in [-0.2, 0) is 4.43 Å². The standard InChI is InChI=1S/C16H28NO3Si2/c1-21(2,3)13-9-12-16(20-22(4,5)6)14-10-7-8-11-15(14)17(18)19/h7-11,16H,12-13H2,1-6H3/q+1. The average molecular weight is 339 g/mol. The number of nitro groups is 1. The van der Waals surface area contributed by atoms with Gasteiger partial charge >= 0.3 is 0 Å². The van der Waals surface area contributed by atoms with Gasteiger partial charge in [-0.3, -0.25) is 10.1 Å². The molecule has 6 heteroatoms. The fraction of sp³-hybridized carbons (Fsp3) is 0.562. The number of rotatable bonds is 8. The summed E-state index contributed by atoms with van der Waals surface area (Å²) in [4.78, 5) is 11.0. The highest BCUT2D eigenvalue weighted by molar-refractivity contribution is 6.76. The molecule has 1 aromatic carbocycles. The molecule has 0 amide bonds. The third kappa shape index (κ3) is 6.76. The van der Waals surface area contributed by atoms with E-state index in [2.05, 4.69) is 45.7 Å². The van der Waals surface area contributed by atoms with Crippen LogP contribution in [0.4, 0.5) is 5.69 Å². The number of hydrogen-bond donors (Lipinski definition) is 0. The summed E-state index contributed by atoms with van der Waals surface area (Å²) in [5.41, 5.74) is 0.855. The Kier molecular flexibility index (Phi) is 6.40. The van der Waals surface area contributed by atoms with Crippen molar-refractivity contribution in [1.29, 1.82) is 0 Å². The Morgan fingerprint density at radius 1 is 1.18 bits per heavy atom. The molecule has 0 aliphatic heterocycles. The molecule has 0 saturated carbocycles. The fourth-order valence-corrected chi connectivity index (χ4v) is 4.37. The third-order valence-corrected chi connectivity index (χ3v) is 5.62. The van der Waals surface area contributed by atoms with Crippen LogP contribution in [0.2, 0.25) is 45.3 Å². The third-order valence-electron chi connectivity index (χ3n) is 3.11. The van der Waals surface area contributed by atoms with Gasteiger partial charge in [-0.05, 0) is 25.7 Å². The van der Waals surface area contributed by atoms with Crippen LogP contribution in [0.3, 0.4) is 0 Å². The highest BCUT2D eigenvalue weighted by Gasteiger charge is 2.31. The van der Waals surface area contributed by atoms with Gasteiger partial charge in [0.2, 0.25) is 0 Å². The minimum Gasteiger partial charge on any atom is -0.406 e. The molecule has 0 N–H and O–H groups in total. The molecular weight excluding hydrogens is 310 g/mol. The van der Waals surface area contributed by atoms with Crippen molar-refractivity contribution in [3.8, 4) is 0 Å². The molecule has 1 rings (SSSR count). The van der Waals surface area contributed by atoms with Crippen LogP contribution >= 0.6 is 0 Å². The molecule has 1 unspecified atom stereocenters. The maximum absolute atomic E-state index is 11.3. The van der Waals surface area contributed by atoms with Crippen molar-refractivity contribution in [1.82, 2.24) is 0 Å². The van der Waals surface area contributed by atoms with Gasteiger partial charge in [-0.2, -0.15) is 0 Å². The first-order chi connectivity index (χ1) is 9.99. The minimum atomic E-state index is -1.79. The van der Waals surface area contributed by atoms with E-state index in [1.807, 2.05) is 12.1 Å². The Balaban J connectivity index is 2.98. The molecule has 0 aliphatic carbocycles. The molecule has 0 saturated heterocycles. The Labute approximate surface area is 136 Å². The van der Waals surface area contributed by atoms with Gasteiger partial charge in [0.1, 0.15) is 12.5 Å². The lowest BCUT2D eigenvalue weighted by Crippen LogP contribution is -2.29. The monoisotopic (exact) mass is 338 g/mol. The Bertz CT molecular complexity index is 507. The fourth-order valence-electron chi connectivity index (χ4n) is 2.26. The van der Waals surface area contributed by atoms with Crippen LogP contribution < -0.4 is 0 Å². The first kappa shape index (κ1) is 18.9. The van der Waals surface area contributed by atoms with Gasteiger partial charge < -0.3 is 4.43 Å². The van der Waals surface area contributed by atoms with Gasteiger partial charge in [0.25, 0.3) is 5.69 Å². The Morgan fingerprint density at radius 2 is 1.77 bits per heavy atom. The Hall–Kier alpha value is -1.12. The van der Waals surface area contributed by atoms with E-state index >= 15 is 0 Å². The molecule has 22 heavy (non-hydrogen) atoms. The van der Waals surface area contributed by atoms with E-state index in [0.29, 0.717) is 5.56 Å². The second-order valence-corrected chi connectivity index (χ2v) is 17.8. The molecule has 1 aromatic rings. The van der Waals surface area contributed by atoms with Crippen LogP contribution in [0.15, 0.2) is 24.3 Å². The van der Waals surface area contributed by atoms with E-state index in [0.717, 1.165) is 12.5 Å². The van der Waals surface area contributed by atoms with Gasteiger partial charge in [0.05, 0.1) is 31.0 Å². The highest BCUT2D eigenvalue weighted by atomic mass is 28.4. The second kappa shape index (κ2) is 7.43. The van der Waals surface area contributed by atoms with E-state index in [9.17, 15) is 10.1 Å². The molecule has 0 spiro atoms. The summed E-state index contributed by atoms with van der Waals surface area (Å²) < 4.78 is 6.25. The second-order valence-electron chi connectivity index (χ2n) is 7.82. The molecule has 0 aromatic heterocycles. The molecule has 4 nitrogen and oxygen atoms in total. The van der Waals surface area contributed by atoms with Gasteiger partial charge in [-0.15, -0.1) is 0 Å². The molecule has 0 heterocycles. The van der Waals surface area contributed by atoms with Crippen molar-refractivity contribution in [2.24, 2.45) is 0 Å². The summed E-state index contributed by atoms with van der Waals surface area (Å²) in [5, 5.41) is 11.3. The predicted octanol–water partition coefficient (Wildman–Crippen LogP) is 5.42. The lowest BCUT2D eigenvalue weighted by Gasteiger charge is -2.25. The maximum Gasteiger partial charge on any atom is 0.275 e. The van der Waals surface area contributed by atoms with Crippen molar-refractivity contribution in [2.75, 3.05) is 0 Å². The average Bonchev–Trinajstić information content (AvgIpc) is 2.34. The molecule has 122 valence electrons. The molecule has 0 bridgehead atoms. The topological polar surface area (TPSA) is 52.4 Å². The van der Waals surface area contributed by atoms with Gasteiger partial charge in [-0.1, -0.05) is 31.8 Å². The summed E-state index contributed by atoms with van der Waals surface area (Å²) in [5.74, 6) is 0. The predicted molar refractivity (Wildman–Crippen MR) is 97.3 cm³/mol. The van der Waals surface area contributed by atoms with Crippen molar-refractivity contribution >= 4 is 22.1 Å². The number of hydrogen-bond acceptors (Lipinski definition) is 3. The summed E-state index contributed by atoms with van der Waals surface area (Å²) in [7, 11) is -2.94.